The lowest BCUT2D eigenvalue weighted by Gasteiger charge is -1.74. The highest BCUT2D eigenvalue weighted by molar-refractivity contribution is 6.29. The Balaban J connectivity index is 3.31. The van der Waals surface area contributed by atoms with Gasteiger partial charge in [0.15, 0.2) is 5.76 Å². The minimum Gasteiger partial charge on any atom is -0.390 e. The molecule has 1 aromatic heterocycles. The van der Waals surface area contributed by atoms with E-state index in [1.807, 2.05) is 0 Å². The Bertz CT molecular complexity index is 270. The van der Waals surface area contributed by atoms with Crippen molar-refractivity contribution >= 4 is 17.7 Å². The van der Waals surface area contributed by atoms with Gasteiger partial charge in [-0.05, 0) is 17.7 Å². The lowest BCUT2D eigenvalue weighted by Crippen LogP contribution is -1.84. The monoisotopic (exact) mass is 146 g/mol. The SMILES string of the molecule is C=Cc1oc(=O)oc1Cl. The van der Waals surface area contributed by atoms with Gasteiger partial charge in [-0.3, -0.25) is 0 Å². The van der Waals surface area contributed by atoms with Crippen molar-refractivity contribution < 1.29 is 8.83 Å². The highest BCUT2D eigenvalue weighted by Gasteiger charge is 2.04. The van der Waals surface area contributed by atoms with Crippen LogP contribution in [0.25, 0.3) is 6.08 Å². The fourth-order valence-electron chi connectivity index (χ4n) is 0.396. The largest absolute Gasteiger partial charge is 0.520 e. The number of hydrogen-bond acceptors (Lipinski definition) is 3. The Morgan fingerprint density at radius 2 is 2.22 bits per heavy atom. The number of halogens is 1. The summed E-state index contributed by atoms with van der Waals surface area (Å²) in [6.07, 6.45) is 1.30. The topological polar surface area (TPSA) is 43.4 Å². The Kier molecular flexibility index (Phi) is 1.44. The van der Waals surface area contributed by atoms with E-state index in [2.05, 4.69) is 15.4 Å². The van der Waals surface area contributed by atoms with Crippen LogP contribution < -0.4 is 5.82 Å². The molecule has 48 valence electrons. The standard InChI is InChI=1S/C5H3ClO3/c1-2-3-4(6)9-5(7)8-3/h2H,1H2. The van der Waals surface area contributed by atoms with Crippen LogP contribution in [0.15, 0.2) is 20.2 Å². The molecule has 1 heterocycles. The molecule has 0 unspecified atom stereocenters. The maximum absolute atomic E-state index is 10.2. The molecule has 0 aliphatic rings. The fraction of sp³-hybridized carbons (Fsp3) is 0. The molecule has 1 rings (SSSR count). The first kappa shape index (κ1) is 6.16. The average Bonchev–Trinajstić information content (AvgIpc) is 2.10. The van der Waals surface area contributed by atoms with E-state index in [-0.39, 0.29) is 11.0 Å². The Morgan fingerprint density at radius 3 is 2.44 bits per heavy atom. The van der Waals surface area contributed by atoms with Crippen LogP contribution in [0.4, 0.5) is 0 Å². The van der Waals surface area contributed by atoms with Gasteiger partial charge < -0.3 is 8.83 Å². The van der Waals surface area contributed by atoms with Crippen LogP contribution in [-0.2, 0) is 0 Å². The average molecular weight is 147 g/mol. The normalized spacial score (nSPS) is 9.44. The van der Waals surface area contributed by atoms with Gasteiger partial charge in [-0.2, -0.15) is 0 Å². The first-order valence-corrected chi connectivity index (χ1v) is 2.53. The van der Waals surface area contributed by atoms with E-state index in [1.54, 1.807) is 0 Å². The van der Waals surface area contributed by atoms with Crippen molar-refractivity contribution in [1.29, 1.82) is 0 Å². The second-order valence-electron chi connectivity index (χ2n) is 1.30. The van der Waals surface area contributed by atoms with Gasteiger partial charge in [-0.1, -0.05) is 6.58 Å². The van der Waals surface area contributed by atoms with Crippen LogP contribution in [-0.4, -0.2) is 0 Å². The number of hydrogen-bond donors (Lipinski definition) is 0. The molecule has 4 heteroatoms. The Morgan fingerprint density at radius 1 is 1.56 bits per heavy atom. The number of rotatable bonds is 1. The summed E-state index contributed by atoms with van der Waals surface area (Å²) in [5, 5.41) is -0.0602. The summed E-state index contributed by atoms with van der Waals surface area (Å²) in [5.74, 6) is -0.642. The molecule has 0 aromatic carbocycles. The Labute approximate surface area is 55.5 Å². The first-order valence-electron chi connectivity index (χ1n) is 2.16. The van der Waals surface area contributed by atoms with E-state index in [9.17, 15) is 4.79 Å². The minimum atomic E-state index is -0.810. The van der Waals surface area contributed by atoms with E-state index in [0.717, 1.165) is 0 Å². The van der Waals surface area contributed by atoms with Gasteiger partial charge >= 0.3 is 5.82 Å². The van der Waals surface area contributed by atoms with Crippen LogP contribution in [0.3, 0.4) is 0 Å². The molecule has 0 amide bonds. The molecule has 0 aliphatic carbocycles. The lowest BCUT2D eigenvalue weighted by atomic mass is 10.5. The third-order valence-electron chi connectivity index (χ3n) is 0.745. The maximum atomic E-state index is 10.2. The van der Waals surface area contributed by atoms with E-state index in [4.69, 9.17) is 11.6 Å². The van der Waals surface area contributed by atoms with Crippen molar-refractivity contribution in [1.82, 2.24) is 0 Å². The maximum Gasteiger partial charge on any atom is 0.520 e. The molecule has 1 aromatic rings. The zero-order valence-electron chi connectivity index (χ0n) is 4.39. The highest BCUT2D eigenvalue weighted by Crippen LogP contribution is 2.13. The summed E-state index contributed by atoms with van der Waals surface area (Å²) in [6, 6.07) is 0. The molecule has 0 radical (unpaired) electrons. The van der Waals surface area contributed by atoms with E-state index in [1.165, 1.54) is 6.08 Å². The highest BCUT2D eigenvalue weighted by atomic mass is 35.5. The van der Waals surface area contributed by atoms with Crippen molar-refractivity contribution in [3.05, 3.63) is 28.2 Å². The van der Waals surface area contributed by atoms with Gasteiger partial charge in [-0.25, -0.2) is 4.79 Å². The van der Waals surface area contributed by atoms with Crippen LogP contribution in [0.2, 0.25) is 5.22 Å². The molecular weight excluding hydrogens is 144 g/mol. The van der Waals surface area contributed by atoms with Crippen LogP contribution in [0.1, 0.15) is 5.76 Å². The van der Waals surface area contributed by atoms with Gasteiger partial charge in [-0.15, -0.1) is 0 Å². The second kappa shape index (κ2) is 2.11. The predicted molar refractivity (Wildman–Crippen MR) is 32.3 cm³/mol. The smallest absolute Gasteiger partial charge is 0.390 e. The van der Waals surface area contributed by atoms with Crippen molar-refractivity contribution in [3.63, 3.8) is 0 Å². The summed E-state index contributed by atoms with van der Waals surface area (Å²) in [6.45, 7) is 3.33. The van der Waals surface area contributed by atoms with Crippen LogP contribution >= 0.6 is 11.6 Å². The van der Waals surface area contributed by atoms with Crippen molar-refractivity contribution in [2.45, 2.75) is 0 Å². The fourth-order valence-corrected chi connectivity index (χ4v) is 0.575. The third kappa shape index (κ3) is 1.05. The van der Waals surface area contributed by atoms with E-state index < -0.39 is 5.82 Å². The van der Waals surface area contributed by atoms with Crippen LogP contribution in [0, 0.1) is 0 Å². The van der Waals surface area contributed by atoms with Gasteiger partial charge in [0, 0.05) is 0 Å². The van der Waals surface area contributed by atoms with Gasteiger partial charge in [0.2, 0.25) is 5.22 Å². The van der Waals surface area contributed by atoms with Gasteiger partial charge in [0.1, 0.15) is 0 Å². The summed E-state index contributed by atoms with van der Waals surface area (Å²) in [7, 11) is 0. The van der Waals surface area contributed by atoms with E-state index >= 15 is 0 Å². The molecule has 0 atom stereocenters. The predicted octanol–water partition coefficient (Wildman–Crippen LogP) is 1.53. The van der Waals surface area contributed by atoms with Crippen molar-refractivity contribution in [2.75, 3.05) is 0 Å². The van der Waals surface area contributed by atoms with Gasteiger partial charge in [0.05, 0.1) is 0 Å². The van der Waals surface area contributed by atoms with Crippen molar-refractivity contribution in [2.24, 2.45) is 0 Å². The summed E-state index contributed by atoms with van der Waals surface area (Å²) in [4.78, 5) is 10.2. The summed E-state index contributed by atoms with van der Waals surface area (Å²) in [5.41, 5.74) is 0. The molecule has 0 spiro atoms. The lowest BCUT2D eigenvalue weighted by molar-refractivity contribution is 0.384. The zero-order chi connectivity index (χ0) is 6.85. The first-order chi connectivity index (χ1) is 4.24. The van der Waals surface area contributed by atoms with E-state index in [0.29, 0.717) is 0 Å². The van der Waals surface area contributed by atoms with Crippen molar-refractivity contribution in [3.8, 4) is 0 Å². The third-order valence-corrected chi connectivity index (χ3v) is 1.01. The molecule has 0 saturated carbocycles. The molecule has 0 saturated heterocycles. The second-order valence-corrected chi connectivity index (χ2v) is 1.64. The molecule has 0 fully saturated rings. The molecule has 0 N–H and O–H groups in total. The molecule has 0 aliphatic heterocycles. The quantitative estimate of drug-likeness (QED) is 0.604. The van der Waals surface area contributed by atoms with Crippen LogP contribution in [0.5, 0.6) is 0 Å². The summed E-state index contributed by atoms with van der Waals surface area (Å²) < 4.78 is 8.67. The molecule has 3 nitrogen and oxygen atoms in total. The Hall–Kier alpha value is -0.960. The zero-order valence-corrected chi connectivity index (χ0v) is 5.14. The molecular formula is C5H3ClO3. The summed E-state index contributed by atoms with van der Waals surface area (Å²) >= 11 is 5.31. The molecule has 0 bridgehead atoms. The molecule has 9 heavy (non-hydrogen) atoms. The minimum absolute atomic E-state index is 0.0602. The van der Waals surface area contributed by atoms with Gasteiger partial charge in [0.25, 0.3) is 0 Å².